The Morgan fingerprint density at radius 1 is 1.08 bits per heavy atom. The molecule has 0 aliphatic heterocycles. The van der Waals surface area contributed by atoms with Crippen LogP contribution < -0.4 is 15.8 Å². The lowest BCUT2D eigenvalue weighted by molar-refractivity contribution is 0.306. The molecule has 3 aromatic rings. The Hall–Kier alpha value is -2.44. The quantitative estimate of drug-likeness (QED) is 0.682. The highest BCUT2D eigenvalue weighted by Gasteiger charge is 2.37. The molecule has 5 nitrogen and oxygen atoms in total. The molecule has 0 radical (unpaired) electrons. The van der Waals surface area contributed by atoms with E-state index in [2.05, 4.69) is 51.9 Å². The maximum atomic E-state index is 5.84. The van der Waals surface area contributed by atoms with E-state index in [1.54, 1.807) is 0 Å². The lowest BCUT2D eigenvalue weighted by Gasteiger charge is -2.07. The number of hydrogen-bond acceptors (Lipinski definition) is 6. The molecule has 1 saturated carbocycles. The first-order valence-corrected chi connectivity index (χ1v) is 9.17. The molecule has 1 heterocycles. The van der Waals surface area contributed by atoms with Crippen molar-refractivity contribution in [3.05, 3.63) is 70.7 Å². The SMILES string of the molecule is Nc1nnc(CN[C@H]2C[C@@H]2c2ccc(OCc3ccccc3)cc2)s1. The van der Waals surface area contributed by atoms with Gasteiger partial charge in [-0.15, -0.1) is 10.2 Å². The molecule has 0 spiro atoms. The van der Waals surface area contributed by atoms with Crippen LogP contribution in [0.15, 0.2) is 54.6 Å². The molecule has 1 aliphatic rings. The smallest absolute Gasteiger partial charge is 0.203 e. The van der Waals surface area contributed by atoms with Gasteiger partial charge in [0.25, 0.3) is 0 Å². The molecule has 1 fully saturated rings. The zero-order valence-electron chi connectivity index (χ0n) is 13.8. The van der Waals surface area contributed by atoms with Gasteiger partial charge in [0, 0.05) is 12.0 Å². The number of hydrogen-bond donors (Lipinski definition) is 2. The van der Waals surface area contributed by atoms with Crippen LogP contribution in [-0.4, -0.2) is 16.2 Å². The van der Waals surface area contributed by atoms with Crippen molar-refractivity contribution in [2.75, 3.05) is 5.73 Å². The highest BCUT2D eigenvalue weighted by Crippen LogP contribution is 2.41. The minimum atomic E-state index is 0.501. The standard InChI is InChI=1S/C19H20N4OS/c20-19-23-22-18(25-19)11-21-17-10-16(17)14-6-8-15(9-7-14)24-12-13-4-2-1-3-5-13/h1-9,16-17,21H,10-12H2,(H2,20,23)/t16-,17+/m1/s1. The molecule has 0 bridgehead atoms. The number of nitrogens with two attached hydrogens (primary N) is 1. The second-order valence-electron chi connectivity index (χ2n) is 6.21. The third-order valence-corrected chi connectivity index (χ3v) is 5.10. The normalized spacial score (nSPS) is 18.9. The highest BCUT2D eigenvalue weighted by atomic mass is 32.1. The van der Waals surface area contributed by atoms with Crippen molar-refractivity contribution in [2.45, 2.75) is 31.5 Å². The topological polar surface area (TPSA) is 73.1 Å². The summed E-state index contributed by atoms with van der Waals surface area (Å²) in [6.07, 6.45) is 1.15. The van der Waals surface area contributed by atoms with Crippen LogP contribution in [0.5, 0.6) is 5.75 Å². The molecule has 6 heteroatoms. The van der Waals surface area contributed by atoms with Gasteiger partial charge in [0.05, 0.1) is 6.54 Å². The predicted octanol–water partition coefficient (Wildman–Crippen LogP) is 3.35. The Labute approximate surface area is 150 Å². The first-order chi connectivity index (χ1) is 12.3. The summed E-state index contributed by atoms with van der Waals surface area (Å²) in [5.74, 6) is 1.47. The Balaban J connectivity index is 1.26. The van der Waals surface area contributed by atoms with Gasteiger partial charge >= 0.3 is 0 Å². The van der Waals surface area contributed by atoms with Crippen LogP contribution in [0.2, 0.25) is 0 Å². The lowest BCUT2D eigenvalue weighted by atomic mass is 10.1. The van der Waals surface area contributed by atoms with Crippen LogP contribution >= 0.6 is 11.3 Å². The number of nitrogens with one attached hydrogen (secondary N) is 1. The van der Waals surface area contributed by atoms with Gasteiger partial charge in [0.1, 0.15) is 17.4 Å². The van der Waals surface area contributed by atoms with Gasteiger partial charge in [-0.3, -0.25) is 0 Å². The lowest BCUT2D eigenvalue weighted by Crippen LogP contribution is -2.17. The van der Waals surface area contributed by atoms with Crippen molar-refractivity contribution in [1.82, 2.24) is 15.5 Å². The number of nitrogen functional groups attached to an aromatic ring is 1. The van der Waals surface area contributed by atoms with Gasteiger partial charge in [-0.1, -0.05) is 53.8 Å². The van der Waals surface area contributed by atoms with E-state index in [1.807, 2.05) is 18.2 Å². The summed E-state index contributed by atoms with van der Waals surface area (Å²) in [4.78, 5) is 0. The summed E-state index contributed by atoms with van der Waals surface area (Å²) in [5.41, 5.74) is 8.12. The van der Waals surface area contributed by atoms with Gasteiger partial charge in [-0.25, -0.2) is 0 Å². The average molecular weight is 352 g/mol. The Bertz CT molecular complexity index is 819. The first-order valence-electron chi connectivity index (χ1n) is 8.36. The maximum absolute atomic E-state index is 5.84. The van der Waals surface area contributed by atoms with Crippen molar-refractivity contribution in [1.29, 1.82) is 0 Å². The second kappa shape index (κ2) is 7.21. The summed E-state index contributed by atoms with van der Waals surface area (Å²) in [6, 6.07) is 19.1. The summed E-state index contributed by atoms with van der Waals surface area (Å²) in [7, 11) is 0. The summed E-state index contributed by atoms with van der Waals surface area (Å²) in [6.45, 7) is 1.33. The fourth-order valence-electron chi connectivity index (χ4n) is 2.90. The highest BCUT2D eigenvalue weighted by molar-refractivity contribution is 7.15. The van der Waals surface area contributed by atoms with Crippen LogP contribution in [0.4, 0.5) is 5.13 Å². The van der Waals surface area contributed by atoms with Gasteiger partial charge in [-0.05, 0) is 29.7 Å². The molecule has 4 rings (SSSR count). The van der Waals surface area contributed by atoms with Gasteiger partial charge < -0.3 is 15.8 Å². The zero-order valence-corrected chi connectivity index (χ0v) is 14.6. The molecular weight excluding hydrogens is 332 g/mol. The molecule has 0 saturated heterocycles. The molecule has 1 aromatic heterocycles. The fraction of sp³-hybridized carbons (Fsp3) is 0.263. The first kappa shape index (κ1) is 16.1. The minimum absolute atomic E-state index is 0.501. The van der Waals surface area contributed by atoms with Gasteiger partial charge in [0.15, 0.2) is 0 Å². The fourth-order valence-corrected chi connectivity index (χ4v) is 3.46. The zero-order chi connectivity index (χ0) is 17.1. The van der Waals surface area contributed by atoms with Crippen LogP contribution in [0.25, 0.3) is 0 Å². The van der Waals surface area contributed by atoms with E-state index in [9.17, 15) is 0 Å². The second-order valence-corrected chi connectivity index (χ2v) is 7.30. The summed E-state index contributed by atoms with van der Waals surface area (Å²) >= 11 is 1.44. The number of nitrogens with zero attached hydrogens (tertiary/aromatic N) is 2. The third-order valence-electron chi connectivity index (χ3n) is 4.34. The molecule has 2 aromatic carbocycles. The Morgan fingerprint density at radius 3 is 2.60 bits per heavy atom. The van der Waals surface area contributed by atoms with Crippen LogP contribution in [-0.2, 0) is 13.2 Å². The maximum Gasteiger partial charge on any atom is 0.203 e. The van der Waals surface area contributed by atoms with Gasteiger partial charge in [0.2, 0.25) is 5.13 Å². The van der Waals surface area contributed by atoms with E-state index in [-0.39, 0.29) is 0 Å². The monoisotopic (exact) mass is 352 g/mol. The van der Waals surface area contributed by atoms with E-state index in [4.69, 9.17) is 10.5 Å². The largest absolute Gasteiger partial charge is 0.489 e. The number of benzene rings is 2. The molecule has 25 heavy (non-hydrogen) atoms. The third kappa shape index (κ3) is 4.15. The molecule has 0 unspecified atom stereocenters. The van der Waals surface area contributed by atoms with Crippen LogP contribution in [0, 0.1) is 0 Å². The van der Waals surface area contributed by atoms with Crippen LogP contribution in [0.1, 0.15) is 28.5 Å². The van der Waals surface area contributed by atoms with E-state index < -0.39 is 0 Å². The van der Waals surface area contributed by atoms with Gasteiger partial charge in [-0.2, -0.15) is 0 Å². The number of rotatable bonds is 7. The minimum Gasteiger partial charge on any atom is -0.489 e. The Kier molecular flexibility index (Phi) is 4.63. The van der Waals surface area contributed by atoms with E-state index in [1.165, 1.54) is 22.5 Å². The molecule has 0 amide bonds. The molecular formula is C19H20N4OS. The van der Waals surface area contributed by atoms with E-state index in [0.717, 1.165) is 23.7 Å². The molecule has 2 atom stereocenters. The summed E-state index contributed by atoms with van der Waals surface area (Å²) < 4.78 is 5.84. The molecule has 3 N–H and O–H groups in total. The van der Waals surface area contributed by atoms with E-state index >= 15 is 0 Å². The summed E-state index contributed by atoms with van der Waals surface area (Å²) in [5, 5.41) is 12.8. The average Bonchev–Trinajstić information content (AvgIpc) is 3.32. The number of ether oxygens (including phenoxy) is 1. The van der Waals surface area contributed by atoms with Crippen molar-refractivity contribution in [2.24, 2.45) is 0 Å². The van der Waals surface area contributed by atoms with Crippen LogP contribution in [0.3, 0.4) is 0 Å². The molecule has 128 valence electrons. The van der Waals surface area contributed by atoms with E-state index in [0.29, 0.717) is 23.7 Å². The van der Waals surface area contributed by atoms with Crippen molar-refractivity contribution >= 4 is 16.5 Å². The Morgan fingerprint density at radius 2 is 1.88 bits per heavy atom. The number of aromatic nitrogens is 2. The van der Waals surface area contributed by atoms with Crippen molar-refractivity contribution < 1.29 is 4.74 Å². The van der Waals surface area contributed by atoms with Crippen molar-refractivity contribution in [3.8, 4) is 5.75 Å². The van der Waals surface area contributed by atoms with Crippen molar-refractivity contribution in [3.63, 3.8) is 0 Å². The number of anilines is 1. The predicted molar refractivity (Wildman–Crippen MR) is 99.5 cm³/mol. The molecule has 1 aliphatic carbocycles.